The highest BCUT2D eigenvalue weighted by molar-refractivity contribution is 5.77. The van der Waals surface area contributed by atoms with Crippen LogP contribution in [0.3, 0.4) is 0 Å². The van der Waals surface area contributed by atoms with Gasteiger partial charge in [0.15, 0.2) is 5.43 Å². The van der Waals surface area contributed by atoms with E-state index in [1.54, 1.807) is 18.4 Å². The molecule has 2 aromatic heterocycles. The molecule has 32 heavy (non-hydrogen) atoms. The fourth-order valence-electron chi connectivity index (χ4n) is 4.18. The molecule has 0 bridgehead atoms. The van der Waals surface area contributed by atoms with Crippen LogP contribution in [0, 0.1) is 0 Å². The number of aryl methyl sites for hydroxylation is 1. The summed E-state index contributed by atoms with van der Waals surface area (Å²) < 4.78 is 5.72. The quantitative estimate of drug-likeness (QED) is 0.484. The zero-order valence-corrected chi connectivity index (χ0v) is 17.9. The molecular formula is C25H24N4O3. The molecule has 7 nitrogen and oxygen atoms in total. The lowest BCUT2D eigenvalue weighted by Crippen LogP contribution is -2.36. The van der Waals surface area contributed by atoms with Gasteiger partial charge in [-0.2, -0.15) is 0 Å². The first-order chi connectivity index (χ1) is 15.5. The molecule has 0 radical (unpaired) electrons. The van der Waals surface area contributed by atoms with Gasteiger partial charge in [-0.25, -0.2) is 4.98 Å². The molecule has 0 atom stereocenters. The van der Waals surface area contributed by atoms with Crippen molar-refractivity contribution in [1.29, 1.82) is 0 Å². The van der Waals surface area contributed by atoms with Crippen molar-refractivity contribution in [2.75, 3.05) is 12.3 Å². The molecule has 7 heteroatoms. The fourth-order valence-corrected chi connectivity index (χ4v) is 4.18. The number of anilines is 1. The van der Waals surface area contributed by atoms with E-state index in [0.29, 0.717) is 59.7 Å². The second kappa shape index (κ2) is 8.09. The van der Waals surface area contributed by atoms with Gasteiger partial charge in [0.05, 0.1) is 22.9 Å². The Morgan fingerprint density at radius 3 is 2.75 bits per heavy atom. The summed E-state index contributed by atoms with van der Waals surface area (Å²) >= 11 is 0. The summed E-state index contributed by atoms with van der Waals surface area (Å²) in [5.74, 6) is 0.545. The molecule has 0 aliphatic carbocycles. The number of hydrogen-bond acceptors (Lipinski definition) is 6. The molecular weight excluding hydrogens is 404 g/mol. The topological polar surface area (TPSA) is 105 Å². The third-order valence-corrected chi connectivity index (χ3v) is 6.04. The second-order valence-corrected chi connectivity index (χ2v) is 8.20. The zero-order valence-electron chi connectivity index (χ0n) is 17.9. The maximum absolute atomic E-state index is 13.0. The molecule has 0 saturated carbocycles. The van der Waals surface area contributed by atoms with E-state index in [1.165, 1.54) is 0 Å². The van der Waals surface area contributed by atoms with Gasteiger partial charge in [-0.05, 0) is 48.4 Å². The zero-order chi connectivity index (χ0) is 22.2. The van der Waals surface area contributed by atoms with Crippen molar-refractivity contribution in [3.63, 3.8) is 0 Å². The first kappa shape index (κ1) is 20.2. The number of hydrogen-bond donors (Lipinski definition) is 2. The molecule has 162 valence electrons. The van der Waals surface area contributed by atoms with Crippen LogP contribution >= 0.6 is 0 Å². The van der Waals surface area contributed by atoms with Gasteiger partial charge in [-0.1, -0.05) is 13.0 Å². The molecule has 3 heterocycles. The minimum Gasteiger partial charge on any atom is -0.464 e. The summed E-state index contributed by atoms with van der Waals surface area (Å²) in [7, 11) is 0. The number of nitrogen functional groups attached to an aromatic ring is 1. The number of nitrogens with zero attached hydrogens (tertiary/aromatic N) is 2. The number of benzene rings is 2. The lowest BCUT2D eigenvalue weighted by atomic mass is 10.0. The summed E-state index contributed by atoms with van der Waals surface area (Å²) in [6.45, 7) is 3.62. The number of nitrogens with two attached hydrogens (primary N) is 1. The van der Waals surface area contributed by atoms with Gasteiger partial charge in [0.25, 0.3) is 5.56 Å². The Morgan fingerprint density at radius 1 is 1.16 bits per heavy atom. The Balaban J connectivity index is 1.41. The van der Waals surface area contributed by atoms with Crippen molar-refractivity contribution in [2.45, 2.75) is 32.9 Å². The number of rotatable bonds is 4. The van der Waals surface area contributed by atoms with Gasteiger partial charge in [0.2, 0.25) is 0 Å². The highest BCUT2D eigenvalue weighted by Crippen LogP contribution is 2.21. The van der Waals surface area contributed by atoms with E-state index in [1.807, 2.05) is 30.3 Å². The van der Waals surface area contributed by atoms with Crippen LogP contribution < -0.4 is 16.7 Å². The Labute approximate surface area is 184 Å². The molecule has 4 aromatic rings. The monoisotopic (exact) mass is 428 g/mol. The Morgan fingerprint density at radius 2 is 1.97 bits per heavy atom. The van der Waals surface area contributed by atoms with E-state index in [0.717, 1.165) is 23.2 Å². The SMILES string of the molecule is CCc1ccc2occ(CN3CCc4nc(-c5ccc(N)cc5)[nH]c(=O)c4C3)c(=O)c2c1. The van der Waals surface area contributed by atoms with Crippen molar-refractivity contribution in [1.82, 2.24) is 14.9 Å². The number of nitrogens with one attached hydrogen (secondary N) is 1. The molecule has 0 saturated heterocycles. The van der Waals surface area contributed by atoms with Crippen LogP contribution in [-0.4, -0.2) is 21.4 Å². The van der Waals surface area contributed by atoms with E-state index in [4.69, 9.17) is 10.2 Å². The summed E-state index contributed by atoms with van der Waals surface area (Å²) in [6, 6.07) is 13.0. The Bertz CT molecular complexity index is 1420. The van der Waals surface area contributed by atoms with E-state index in [2.05, 4.69) is 21.8 Å². The molecule has 1 aliphatic rings. The molecule has 5 rings (SSSR count). The van der Waals surface area contributed by atoms with Gasteiger partial charge < -0.3 is 15.1 Å². The Hall–Kier alpha value is -3.71. The first-order valence-corrected chi connectivity index (χ1v) is 10.8. The molecule has 3 N–H and O–H groups in total. The lowest BCUT2D eigenvalue weighted by Gasteiger charge is -2.27. The van der Waals surface area contributed by atoms with Gasteiger partial charge in [0.1, 0.15) is 11.4 Å². The Kier molecular flexibility index (Phi) is 5.11. The maximum atomic E-state index is 13.0. The molecule has 0 unspecified atom stereocenters. The molecule has 2 aromatic carbocycles. The first-order valence-electron chi connectivity index (χ1n) is 10.8. The van der Waals surface area contributed by atoms with Crippen molar-refractivity contribution in [3.8, 4) is 11.4 Å². The maximum Gasteiger partial charge on any atom is 0.255 e. The standard InChI is InChI=1S/C25H24N4O3/c1-2-15-3-8-22-19(11-15)23(30)17(14-32-22)12-29-10-9-21-20(13-29)25(31)28-24(27-21)16-4-6-18(26)7-5-16/h3-8,11,14H,2,9-10,12-13,26H2,1H3,(H,27,28,31). The predicted molar refractivity (Wildman–Crippen MR) is 124 cm³/mol. The number of aromatic nitrogens is 2. The number of fused-ring (bicyclic) bond motifs is 2. The van der Waals surface area contributed by atoms with Crippen molar-refractivity contribution < 1.29 is 4.42 Å². The number of H-pyrrole nitrogens is 1. The minimum atomic E-state index is -0.148. The van der Waals surface area contributed by atoms with E-state index in [-0.39, 0.29) is 11.0 Å². The molecule has 0 fully saturated rings. The minimum absolute atomic E-state index is 0.0157. The highest BCUT2D eigenvalue weighted by atomic mass is 16.3. The van der Waals surface area contributed by atoms with Crippen molar-refractivity contribution >= 4 is 16.7 Å². The third kappa shape index (κ3) is 3.71. The van der Waals surface area contributed by atoms with Crippen LogP contribution in [0.2, 0.25) is 0 Å². The predicted octanol–water partition coefficient (Wildman–Crippen LogP) is 3.25. The lowest BCUT2D eigenvalue weighted by molar-refractivity contribution is 0.239. The largest absolute Gasteiger partial charge is 0.464 e. The second-order valence-electron chi connectivity index (χ2n) is 8.20. The highest BCUT2D eigenvalue weighted by Gasteiger charge is 2.23. The van der Waals surface area contributed by atoms with E-state index >= 15 is 0 Å². The van der Waals surface area contributed by atoms with Gasteiger partial charge in [-0.15, -0.1) is 0 Å². The number of aromatic amines is 1. The van der Waals surface area contributed by atoms with E-state index in [9.17, 15) is 9.59 Å². The van der Waals surface area contributed by atoms with Crippen LogP contribution in [0.15, 0.2) is 62.7 Å². The summed E-state index contributed by atoms with van der Waals surface area (Å²) in [6.07, 6.45) is 3.04. The van der Waals surface area contributed by atoms with Crippen molar-refractivity contribution in [2.24, 2.45) is 0 Å². The smallest absolute Gasteiger partial charge is 0.255 e. The van der Waals surface area contributed by atoms with Gasteiger partial charge in [-0.3, -0.25) is 14.5 Å². The van der Waals surface area contributed by atoms with Gasteiger partial charge >= 0.3 is 0 Å². The van der Waals surface area contributed by atoms with Crippen LogP contribution in [0.1, 0.15) is 29.3 Å². The average molecular weight is 428 g/mol. The van der Waals surface area contributed by atoms with Crippen LogP contribution in [0.5, 0.6) is 0 Å². The van der Waals surface area contributed by atoms with Gasteiger partial charge in [0, 0.05) is 42.9 Å². The van der Waals surface area contributed by atoms with Crippen LogP contribution in [-0.2, 0) is 25.9 Å². The molecule has 1 aliphatic heterocycles. The summed E-state index contributed by atoms with van der Waals surface area (Å²) in [5.41, 5.74) is 10.8. The van der Waals surface area contributed by atoms with Crippen molar-refractivity contribution in [3.05, 3.63) is 91.7 Å². The van der Waals surface area contributed by atoms with E-state index < -0.39 is 0 Å². The molecule has 0 spiro atoms. The van der Waals surface area contributed by atoms with Crippen LogP contribution in [0.4, 0.5) is 5.69 Å². The van der Waals surface area contributed by atoms with Crippen LogP contribution in [0.25, 0.3) is 22.4 Å². The average Bonchev–Trinajstić information content (AvgIpc) is 2.81. The third-order valence-electron chi connectivity index (χ3n) is 6.04. The summed E-state index contributed by atoms with van der Waals surface area (Å²) in [4.78, 5) is 35.5. The summed E-state index contributed by atoms with van der Waals surface area (Å²) in [5, 5.41) is 0.604. The molecule has 0 amide bonds. The fraction of sp³-hybridized carbons (Fsp3) is 0.240. The normalized spacial score (nSPS) is 13.9.